The third-order valence-electron chi connectivity index (χ3n) is 4.49. The number of carbonyl (C=O) groups is 1. The smallest absolute Gasteiger partial charge is 0.321 e. The lowest BCUT2D eigenvalue weighted by atomic mass is 9.95. The number of anilines is 1. The maximum Gasteiger partial charge on any atom is 0.321 e. The van der Waals surface area contributed by atoms with Crippen LogP contribution in [0.3, 0.4) is 0 Å². The fourth-order valence-electron chi connectivity index (χ4n) is 3.32. The minimum Gasteiger partial charge on any atom is -0.340 e. The first-order valence-electron chi connectivity index (χ1n) is 8.81. The standard InChI is InChI=1S/C17H26N6O2/c1-11(2)16-14(10-22(4)20-16)19-17(24)23-7-5-6-13(9-23)8-15-18-12(3)25-21-15/h10-11,13H,5-9H2,1-4H3,(H,19,24)/t13-/m0/s1. The minimum absolute atomic E-state index is 0.0658. The molecule has 0 aromatic carbocycles. The number of nitrogens with one attached hydrogen (secondary N) is 1. The number of aromatic nitrogens is 4. The molecule has 25 heavy (non-hydrogen) atoms. The second-order valence-corrected chi connectivity index (χ2v) is 7.07. The average molecular weight is 346 g/mol. The van der Waals surface area contributed by atoms with E-state index in [-0.39, 0.29) is 11.9 Å². The third-order valence-corrected chi connectivity index (χ3v) is 4.49. The van der Waals surface area contributed by atoms with E-state index in [0.29, 0.717) is 18.4 Å². The number of nitrogens with zero attached hydrogens (tertiary/aromatic N) is 5. The first-order chi connectivity index (χ1) is 11.9. The second kappa shape index (κ2) is 7.25. The Labute approximate surface area is 147 Å². The Kier molecular flexibility index (Phi) is 5.06. The van der Waals surface area contributed by atoms with Gasteiger partial charge in [-0.1, -0.05) is 19.0 Å². The molecule has 1 N–H and O–H groups in total. The second-order valence-electron chi connectivity index (χ2n) is 7.07. The number of hydrogen-bond donors (Lipinski definition) is 1. The molecule has 136 valence electrons. The summed E-state index contributed by atoms with van der Waals surface area (Å²) < 4.78 is 6.77. The van der Waals surface area contributed by atoms with Crippen LogP contribution < -0.4 is 5.32 Å². The molecular formula is C17H26N6O2. The Morgan fingerprint density at radius 1 is 1.48 bits per heavy atom. The highest BCUT2D eigenvalue weighted by molar-refractivity contribution is 5.90. The molecule has 3 rings (SSSR count). The van der Waals surface area contributed by atoms with Crippen molar-refractivity contribution >= 4 is 11.7 Å². The van der Waals surface area contributed by atoms with Crippen molar-refractivity contribution in [1.82, 2.24) is 24.8 Å². The summed E-state index contributed by atoms with van der Waals surface area (Å²) >= 11 is 0. The molecule has 0 aliphatic carbocycles. The van der Waals surface area contributed by atoms with Gasteiger partial charge in [0.1, 0.15) is 0 Å². The number of aryl methyl sites for hydroxylation is 2. The molecule has 1 saturated heterocycles. The predicted molar refractivity (Wildman–Crippen MR) is 93.4 cm³/mol. The molecule has 8 heteroatoms. The molecule has 2 aromatic rings. The Morgan fingerprint density at radius 3 is 2.96 bits per heavy atom. The van der Waals surface area contributed by atoms with Crippen molar-refractivity contribution in [2.24, 2.45) is 13.0 Å². The van der Waals surface area contributed by atoms with E-state index in [9.17, 15) is 4.79 Å². The molecule has 1 atom stereocenters. The monoisotopic (exact) mass is 346 g/mol. The van der Waals surface area contributed by atoms with Crippen molar-refractivity contribution in [2.45, 2.75) is 46.0 Å². The SMILES string of the molecule is Cc1nc(C[C@@H]2CCCN(C(=O)Nc3cn(C)nc3C(C)C)C2)no1. The summed E-state index contributed by atoms with van der Waals surface area (Å²) in [6.45, 7) is 7.41. The van der Waals surface area contributed by atoms with Gasteiger partial charge in [-0.05, 0) is 24.7 Å². The van der Waals surface area contributed by atoms with Gasteiger partial charge in [0.2, 0.25) is 5.89 Å². The van der Waals surface area contributed by atoms with E-state index in [1.54, 1.807) is 11.6 Å². The van der Waals surface area contributed by atoms with Crippen LogP contribution in [0.15, 0.2) is 10.7 Å². The molecule has 2 aromatic heterocycles. The van der Waals surface area contributed by atoms with Crippen LogP contribution >= 0.6 is 0 Å². The summed E-state index contributed by atoms with van der Waals surface area (Å²) in [4.78, 5) is 18.8. The molecule has 0 saturated carbocycles. The average Bonchev–Trinajstić information content (AvgIpc) is 3.13. The van der Waals surface area contributed by atoms with Crippen molar-refractivity contribution in [1.29, 1.82) is 0 Å². The van der Waals surface area contributed by atoms with Crippen LogP contribution in [-0.2, 0) is 13.5 Å². The summed E-state index contributed by atoms with van der Waals surface area (Å²) in [5.74, 6) is 1.92. The highest BCUT2D eigenvalue weighted by Crippen LogP contribution is 2.24. The van der Waals surface area contributed by atoms with Crippen molar-refractivity contribution in [3.8, 4) is 0 Å². The van der Waals surface area contributed by atoms with Gasteiger partial charge >= 0.3 is 6.03 Å². The summed E-state index contributed by atoms with van der Waals surface area (Å²) in [6, 6.07) is -0.0658. The Morgan fingerprint density at radius 2 is 2.28 bits per heavy atom. The van der Waals surface area contributed by atoms with Gasteiger partial charge in [-0.3, -0.25) is 4.68 Å². The fraction of sp³-hybridized carbons (Fsp3) is 0.647. The molecule has 0 spiro atoms. The molecule has 0 radical (unpaired) electrons. The first kappa shape index (κ1) is 17.4. The lowest BCUT2D eigenvalue weighted by Crippen LogP contribution is -2.43. The quantitative estimate of drug-likeness (QED) is 0.919. The maximum atomic E-state index is 12.7. The van der Waals surface area contributed by atoms with Crippen LogP contribution in [-0.4, -0.2) is 43.9 Å². The van der Waals surface area contributed by atoms with E-state index in [1.807, 2.05) is 18.1 Å². The van der Waals surface area contributed by atoms with E-state index >= 15 is 0 Å². The molecule has 3 heterocycles. The van der Waals surface area contributed by atoms with Gasteiger partial charge in [-0.25, -0.2) is 4.79 Å². The molecule has 1 aliphatic rings. The summed E-state index contributed by atoms with van der Waals surface area (Å²) in [7, 11) is 1.87. The van der Waals surface area contributed by atoms with Gasteiger partial charge in [0.25, 0.3) is 0 Å². The molecule has 2 amide bonds. The zero-order chi connectivity index (χ0) is 18.0. The number of hydrogen-bond acceptors (Lipinski definition) is 5. The van der Waals surface area contributed by atoms with Crippen LogP contribution in [0.4, 0.5) is 10.5 Å². The minimum atomic E-state index is -0.0658. The van der Waals surface area contributed by atoms with Crippen molar-refractivity contribution < 1.29 is 9.32 Å². The van der Waals surface area contributed by atoms with E-state index in [1.165, 1.54) is 0 Å². The molecule has 0 bridgehead atoms. The molecule has 1 aliphatic heterocycles. The first-order valence-corrected chi connectivity index (χ1v) is 8.81. The third kappa shape index (κ3) is 4.18. The maximum absolute atomic E-state index is 12.7. The van der Waals surface area contributed by atoms with Gasteiger partial charge in [0.15, 0.2) is 5.82 Å². The highest BCUT2D eigenvalue weighted by Gasteiger charge is 2.26. The molecular weight excluding hydrogens is 320 g/mol. The van der Waals surface area contributed by atoms with Crippen molar-refractivity contribution in [2.75, 3.05) is 18.4 Å². The molecule has 8 nitrogen and oxygen atoms in total. The number of rotatable bonds is 4. The van der Waals surface area contributed by atoms with Crippen LogP contribution in [0, 0.1) is 12.8 Å². The lowest BCUT2D eigenvalue weighted by molar-refractivity contribution is 0.176. The Balaban J connectivity index is 1.62. The van der Waals surface area contributed by atoms with Crippen LogP contribution in [0.25, 0.3) is 0 Å². The topological polar surface area (TPSA) is 89.1 Å². The molecule has 1 fully saturated rings. The van der Waals surface area contributed by atoms with Gasteiger partial charge in [0.05, 0.1) is 11.4 Å². The van der Waals surface area contributed by atoms with Crippen molar-refractivity contribution in [3.63, 3.8) is 0 Å². The largest absolute Gasteiger partial charge is 0.340 e. The fourth-order valence-corrected chi connectivity index (χ4v) is 3.32. The number of piperidine rings is 1. The lowest BCUT2D eigenvalue weighted by Gasteiger charge is -2.32. The van der Waals surface area contributed by atoms with Crippen molar-refractivity contribution in [3.05, 3.63) is 23.6 Å². The number of amides is 2. The van der Waals surface area contributed by atoms with E-state index in [2.05, 4.69) is 34.4 Å². The summed E-state index contributed by atoms with van der Waals surface area (Å²) in [5, 5.41) is 11.4. The number of carbonyl (C=O) groups excluding carboxylic acids is 1. The van der Waals surface area contributed by atoms with Crippen LogP contribution in [0.2, 0.25) is 0 Å². The normalized spacial score (nSPS) is 18.0. The summed E-state index contributed by atoms with van der Waals surface area (Å²) in [6.07, 6.45) is 4.66. The summed E-state index contributed by atoms with van der Waals surface area (Å²) in [5.41, 5.74) is 1.70. The van der Waals surface area contributed by atoms with E-state index < -0.39 is 0 Å². The van der Waals surface area contributed by atoms with E-state index in [0.717, 1.165) is 43.0 Å². The zero-order valence-corrected chi connectivity index (χ0v) is 15.3. The zero-order valence-electron chi connectivity index (χ0n) is 15.3. The van der Waals surface area contributed by atoms with Crippen LogP contribution in [0.5, 0.6) is 0 Å². The van der Waals surface area contributed by atoms with Gasteiger partial charge < -0.3 is 14.7 Å². The Bertz CT molecular complexity index is 735. The number of likely N-dealkylation sites (tertiary alicyclic amines) is 1. The Hall–Kier alpha value is -2.38. The highest BCUT2D eigenvalue weighted by atomic mass is 16.5. The van der Waals surface area contributed by atoms with Gasteiger partial charge in [-0.2, -0.15) is 10.1 Å². The predicted octanol–water partition coefficient (Wildman–Crippen LogP) is 2.72. The number of urea groups is 1. The molecule has 0 unspecified atom stereocenters. The van der Waals surface area contributed by atoms with E-state index in [4.69, 9.17) is 4.52 Å². The van der Waals surface area contributed by atoms with Gasteiger partial charge in [0, 0.05) is 39.7 Å². The van der Waals surface area contributed by atoms with Crippen LogP contribution in [0.1, 0.15) is 50.0 Å². The van der Waals surface area contributed by atoms with Gasteiger partial charge in [-0.15, -0.1) is 0 Å².